The zero-order valence-corrected chi connectivity index (χ0v) is 12.5. The molecule has 3 atom stereocenters. The maximum Gasteiger partial charge on any atom is 0.226 e. The Bertz CT molecular complexity index is 491. The first kappa shape index (κ1) is 13.1. The first-order valence-electron chi connectivity index (χ1n) is 6.95. The van der Waals surface area contributed by atoms with Gasteiger partial charge in [-0.15, -0.1) is 0 Å². The number of carbonyl (C=O) groups excluding carboxylic acids is 1. The molecule has 0 aromatic heterocycles. The molecule has 0 spiro atoms. The van der Waals surface area contributed by atoms with E-state index >= 15 is 0 Å². The minimum absolute atomic E-state index is 0.167. The van der Waals surface area contributed by atoms with Crippen molar-refractivity contribution in [3.63, 3.8) is 0 Å². The van der Waals surface area contributed by atoms with Crippen molar-refractivity contribution in [3.05, 3.63) is 34.3 Å². The lowest BCUT2D eigenvalue weighted by molar-refractivity contribution is -0.133. The van der Waals surface area contributed by atoms with Crippen LogP contribution in [0.5, 0.6) is 0 Å². The first-order chi connectivity index (χ1) is 9.15. The van der Waals surface area contributed by atoms with Gasteiger partial charge in [0.25, 0.3) is 0 Å². The molecule has 1 aliphatic heterocycles. The molecule has 1 saturated heterocycles. The summed E-state index contributed by atoms with van der Waals surface area (Å²) in [6.07, 6.45) is 3.08. The molecule has 2 N–H and O–H groups in total. The molecule has 3 nitrogen and oxygen atoms in total. The van der Waals surface area contributed by atoms with E-state index in [9.17, 15) is 4.79 Å². The zero-order valence-electron chi connectivity index (χ0n) is 10.9. The molecule has 1 aromatic rings. The predicted molar refractivity (Wildman–Crippen MR) is 78.8 cm³/mol. The predicted octanol–water partition coefficient (Wildman–Crippen LogP) is 2.50. The molecule has 0 bridgehead atoms. The van der Waals surface area contributed by atoms with Crippen LogP contribution in [0.2, 0.25) is 0 Å². The number of likely N-dealkylation sites (tertiary alicyclic amines) is 1. The second-order valence-electron chi connectivity index (χ2n) is 5.69. The molecule has 4 heteroatoms. The van der Waals surface area contributed by atoms with Gasteiger partial charge in [-0.3, -0.25) is 4.79 Å². The molecule has 3 rings (SSSR count). The van der Waals surface area contributed by atoms with Crippen molar-refractivity contribution in [3.8, 4) is 0 Å². The van der Waals surface area contributed by atoms with Gasteiger partial charge in [0.05, 0.1) is 0 Å². The van der Waals surface area contributed by atoms with Gasteiger partial charge in [-0.05, 0) is 42.9 Å². The highest BCUT2D eigenvalue weighted by atomic mass is 79.9. The Balaban J connectivity index is 1.64. The fourth-order valence-corrected chi connectivity index (χ4v) is 3.44. The average molecular weight is 323 g/mol. The van der Waals surface area contributed by atoms with Crippen molar-refractivity contribution >= 4 is 21.8 Å². The van der Waals surface area contributed by atoms with E-state index in [2.05, 4.69) is 28.1 Å². The standard InChI is InChI=1S/C15H19BrN2O/c16-11-4-1-3-10(7-11)13-8-14(13)15(19)18-6-2-5-12(17)9-18/h1,3-4,7,12-14H,2,5-6,8-9,17H2. The SMILES string of the molecule is NC1CCCN(C(=O)C2CC2c2cccc(Br)c2)C1. The Kier molecular flexibility index (Phi) is 3.63. The minimum Gasteiger partial charge on any atom is -0.341 e. The molecule has 1 saturated carbocycles. The van der Waals surface area contributed by atoms with Crippen molar-refractivity contribution in [1.82, 2.24) is 4.90 Å². The van der Waals surface area contributed by atoms with Crippen LogP contribution >= 0.6 is 15.9 Å². The molecule has 0 radical (unpaired) electrons. The molecule has 2 fully saturated rings. The highest BCUT2D eigenvalue weighted by Crippen LogP contribution is 2.49. The van der Waals surface area contributed by atoms with E-state index in [1.54, 1.807) is 0 Å². The smallest absolute Gasteiger partial charge is 0.226 e. The molecule has 102 valence electrons. The number of hydrogen-bond donors (Lipinski definition) is 1. The van der Waals surface area contributed by atoms with Gasteiger partial charge in [0.15, 0.2) is 0 Å². The fraction of sp³-hybridized carbons (Fsp3) is 0.533. The number of nitrogens with zero attached hydrogens (tertiary/aromatic N) is 1. The molecular formula is C15H19BrN2O. The maximum atomic E-state index is 12.4. The zero-order chi connectivity index (χ0) is 13.4. The Morgan fingerprint density at radius 2 is 2.26 bits per heavy atom. The topological polar surface area (TPSA) is 46.3 Å². The maximum absolute atomic E-state index is 12.4. The molecule has 1 aliphatic carbocycles. The average Bonchev–Trinajstić information content (AvgIpc) is 3.18. The second-order valence-corrected chi connectivity index (χ2v) is 6.61. The number of carbonyl (C=O) groups is 1. The number of amides is 1. The molecule has 1 heterocycles. The van der Waals surface area contributed by atoms with E-state index in [4.69, 9.17) is 5.73 Å². The highest BCUT2D eigenvalue weighted by Gasteiger charge is 2.46. The number of rotatable bonds is 2. The minimum atomic E-state index is 0.167. The summed E-state index contributed by atoms with van der Waals surface area (Å²) in [4.78, 5) is 14.4. The van der Waals surface area contributed by atoms with Crippen molar-refractivity contribution in [1.29, 1.82) is 0 Å². The first-order valence-corrected chi connectivity index (χ1v) is 7.74. The summed E-state index contributed by atoms with van der Waals surface area (Å²) in [6, 6.07) is 8.47. The van der Waals surface area contributed by atoms with Gasteiger partial charge in [0.1, 0.15) is 0 Å². The lowest BCUT2D eigenvalue weighted by Gasteiger charge is -2.31. The van der Waals surface area contributed by atoms with Gasteiger partial charge in [0, 0.05) is 29.5 Å². The number of hydrogen-bond acceptors (Lipinski definition) is 2. The molecule has 1 amide bonds. The number of piperidine rings is 1. The van der Waals surface area contributed by atoms with E-state index in [1.165, 1.54) is 5.56 Å². The van der Waals surface area contributed by atoms with Crippen LogP contribution in [0.1, 0.15) is 30.7 Å². The van der Waals surface area contributed by atoms with Gasteiger partial charge in [-0.25, -0.2) is 0 Å². The van der Waals surface area contributed by atoms with Crippen LogP contribution in [-0.4, -0.2) is 29.9 Å². The van der Waals surface area contributed by atoms with E-state index in [-0.39, 0.29) is 12.0 Å². The van der Waals surface area contributed by atoms with E-state index in [1.807, 2.05) is 17.0 Å². The number of nitrogens with two attached hydrogens (primary N) is 1. The van der Waals surface area contributed by atoms with Gasteiger partial charge >= 0.3 is 0 Å². The van der Waals surface area contributed by atoms with Crippen molar-refractivity contribution in [2.45, 2.75) is 31.2 Å². The summed E-state index contributed by atoms with van der Waals surface area (Å²) in [6.45, 7) is 1.62. The highest BCUT2D eigenvalue weighted by molar-refractivity contribution is 9.10. The number of benzene rings is 1. The molecule has 19 heavy (non-hydrogen) atoms. The molecule has 2 aliphatic rings. The van der Waals surface area contributed by atoms with Gasteiger partial charge < -0.3 is 10.6 Å². The lowest BCUT2D eigenvalue weighted by atomic mass is 10.0. The van der Waals surface area contributed by atoms with Crippen molar-refractivity contribution in [2.75, 3.05) is 13.1 Å². The van der Waals surface area contributed by atoms with Crippen molar-refractivity contribution < 1.29 is 4.79 Å². The Morgan fingerprint density at radius 1 is 1.42 bits per heavy atom. The molecule has 1 aromatic carbocycles. The Morgan fingerprint density at radius 3 is 3.00 bits per heavy atom. The van der Waals surface area contributed by atoms with Crippen LogP contribution in [0.4, 0.5) is 0 Å². The van der Waals surface area contributed by atoms with E-state index in [0.717, 1.165) is 36.8 Å². The van der Waals surface area contributed by atoms with Crippen LogP contribution in [0.25, 0.3) is 0 Å². The van der Waals surface area contributed by atoms with Crippen molar-refractivity contribution in [2.24, 2.45) is 11.7 Å². The largest absolute Gasteiger partial charge is 0.341 e. The van der Waals surface area contributed by atoms with Gasteiger partial charge in [-0.1, -0.05) is 28.1 Å². The summed E-state index contributed by atoms with van der Waals surface area (Å²) < 4.78 is 1.09. The Hall–Kier alpha value is -0.870. The summed E-state index contributed by atoms with van der Waals surface area (Å²) in [7, 11) is 0. The molecule has 3 unspecified atom stereocenters. The second kappa shape index (κ2) is 5.25. The van der Waals surface area contributed by atoms with Crippen LogP contribution in [0.15, 0.2) is 28.7 Å². The van der Waals surface area contributed by atoms with Crippen LogP contribution in [-0.2, 0) is 4.79 Å². The summed E-state index contributed by atoms with van der Waals surface area (Å²) in [5.74, 6) is 0.892. The van der Waals surface area contributed by atoms with Gasteiger partial charge in [0.2, 0.25) is 5.91 Å². The fourth-order valence-electron chi connectivity index (χ4n) is 3.02. The third-order valence-corrected chi connectivity index (χ3v) is 4.65. The van der Waals surface area contributed by atoms with E-state index < -0.39 is 0 Å². The third kappa shape index (κ3) is 2.84. The summed E-state index contributed by atoms with van der Waals surface area (Å²) in [5.41, 5.74) is 7.22. The lowest BCUT2D eigenvalue weighted by Crippen LogP contribution is -2.46. The van der Waals surface area contributed by atoms with Crippen LogP contribution < -0.4 is 5.73 Å². The van der Waals surface area contributed by atoms with E-state index in [0.29, 0.717) is 11.8 Å². The molecular weight excluding hydrogens is 304 g/mol. The summed E-state index contributed by atoms with van der Waals surface area (Å²) >= 11 is 3.49. The quantitative estimate of drug-likeness (QED) is 0.909. The number of halogens is 1. The normalized spacial score (nSPS) is 30.2. The summed E-state index contributed by atoms with van der Waals surface area (Å²) in [5, 5.41) is 0. The third-order valence-electron chi connectivity index (χ3n) is 4.15. The van der Waals surface area contributed by atoms with Gasteiger partial charge in [-0.2, -0.15) is 0 Å². The van der Waals surface area contributed by atoms with Crippen LogP contribution in [0, 0.1) is 5.92 Å². The van der Waals surface area contributed by atoms with Crippen LogP contribution in [0.3, 0.4) is 0 Å². The Labute approximate surface area is 122 Å². The monoisotopic (exact) mass is 322 g/mol.